The SMILES string of the molecule is CCN(CC)c1ccccc1S. The Hall–Kier alpha value is -0.630. The molecule has 0 spiro atoms. The van der Waals surface area contributed by atoms with Gasteiger partial charge in [0.15, 0.2) is 0 Å². The van der Waals surface area contributed by atoms with Crippen molar-refractivity contribution in [2.75, 3.05) is 18.0 Å². The molecule has 2 heteroatoms. The zero-order valence-electron chi connectivity index (χ0n) is 7.62. The second-order valence-corrected chi connectivity index (χ2v) is 3.14. The molecule has 1 aromatic rings. The lowest BCUT2D eigenvalue weighted by molar-refractivity contribution is 0.856. The van der Waals surface area contributed by atoms with Crippen LogP contribution >= 0.6 is 12.6 Å². The van der Waals surface area contributed by atoms with Gasteiger partial charge in [-0.1, -0.05) is 12.1 Å². The van der Waals surface area contributed by atoms with E-state index in [-0.39, 0.29) is 0 Å². The Balaban J connectivity index is 2.92. The average molecular weight is 181 g/mol. The van der Waals surface area contributed by atoms with Crippen molar-refractivity contribution in [3.05, 3.63) is 24.3 Å². The van der Waals surface area contributed by atoms with Gasteiger partial charge in [0.25, 0.3) is 0 Å². The molecule has 0 saturated carbocycles. The van der Waals surface area contributed by atoms with E-state index in [1.165, 1.54) is 5.69 Å². The van der Waals surface area contributed by atoms with Crippen molar-refractivity contribution in [1.82, 2.24) is 0 Å². The quantitative estimate of drug-likeness (QED) is 0.702. The summed E-state index contributed by atoms with van der Waals surface area (Å²) in [6.07, 6.45) is 0. The molecule has 0 aliphatic carbocycles. The van der Waals surface area contributed by atoms with Gasteiger partial charge in [0.05, 0.1) is 5.69 Å². The van der Waals surface area contributed by atoms with Crippen LogP contribution in [0.15, 0.2) is 29.2 Å². The lowest BCUT2D eigenvalue weighted by Crippen LogP contribution is -2.22. The summed E-state index contributed by atoms with van der Waals surface area (Å²) in [7, 11) is 0. The molecule has 0 bridgehead atoms. The minimum absolute atomic E-state index is 1.04. The van der Waals surface area contributed by atoms with Crippen LogP contribution in [0.3, 0.4) is 0 Å². The van der Waals surface area contributed by atoms with E-state index in [4.69, 9.17) is 0 Å². The summed E-state index contributed by atoms with van der Waals surface area (Å²) < 4.78 is 0. The van der Waals surface area contributed by atoms with Gasteiger partial charge in [-0.05, 0) is 26.0 Å². The van der Waals surface area contributed by atoms with E-state index in [0.29, 0.717) is 0 Å². The fraction of sp³-hybridized carbons (Fsp3) is 0.400. The molecule has 0 amide bonds. The molecule has 1 nitrogen and oxygen atoms in total. The van der Waals surface area contributed by atoms with Crippen LogP contribution in [0.5, 0.6) is 0 Å². The zero-order valence-corrected chi connectivity index (χ0v) is 8.51. The second kappa shape index (κ2) is 4.41. The predicted octanol–water partition coefficient (Wildman–Crippen LogP) is 2.82. The van der Waals surface area contributed by atoms with E-state index in [1.54, 1.807) is 0 Å². The Kier molecular flexibility index (Phi) is 3.48. The van der Waals surface area contributed by atoms with Crippen LogP contribution in [-0.4, -0.2) is 13.1 Å². The maximum absolute atomic E-state index is 4.40. The van der Waals surface area contributed by atoms with Crippen LogP contribution in [-0.2, 0) is 0 Å². The van der Waals surface area contributed by atoms with Crippen LogP contribution in [0.4, 0.5) is 5.69 Å². The fourth-order valence-corrected chi connectivity index (χ4v) is 1.60. The second-order valence-electron chi connectivity index (χ2n) is 2.66. The van der Waals surface area contributed by atoms with Crippen molar-refractivity contribution in [2.45, 2.75) is 18.7 Å². The van der Waals surface area contributed by atoms with Gasteiger partial charge in [-0.25, -0.2) is 0 Å². The van der Waals surface area contributed by atoms with Gasteiger partial charge in [0.2, 0.25) is 0 Å². The Morgan fingerprint density at radius 2 is 1.75 bits per heavy atom. The summed E-state index contributed by atoms with van der Waals surface area (Å²) in [4.78, 5) is 3.35. The number of nitrogens with zero attached hydrogens (tertiary/aromatic N) is 1. The lowest BCUT2D eigenvalue weighted by atomic mass is 10.3. The van der Waals surface area contributed by atoms with Crippen LogP contribution in [0, 0.1) is 0 Å². The third-order valence-corrected chi connectivity index (χ3v) is 2.36. The fourth-order valence-electron chi connectivity index (χ4n) is 1.30. The monoisotopic (exact) mass is 181 g/mol. The number of benzene rings is 1. The first-order valence-electron chi connectivity index (χ1n) is 4.32. The van der Waals surface area contributed by atoms with Crippen molar-refractivity contribution < 1.29 is 0 Å². The van der Waals surface area contributed by atoms with Gasteiger partial charge < -0.3 is 4.90 Å². The lowest BCUT2D eigenvalue weighted by Gasteiger charge is -2.22. The molecule has 0 N–H and O–H groups in total. The highest BCUT2D eigenvalue weighted by atomic mass is 32.1. The summed E-state index contributed by atoms with van der Waals surface area (Å²) in [5.74, 6) is 0. The number of para-hydroxylation sites is 1. The molecule has 0 saturated heterocycles. The Labute approximate surface area is 79.8 Å². The maximum atomic E-state index is 4.40. The first-order valence-corrected chi connectivity index (χ1v) is 4.77. The molecule has 66 valence electrons. The van der Waals surface area contributed by atoms with Crippen molar-refractivity contribution in [1.29, 1.82) is 0 Å². The molecule has 0 aromatic heterocycles. The van der Waals surface area contributed by atoms with Gasteiger partial charge >= 0.3 is 0 Å². The molecule has 0 radical (unpaired) electrons. The molecular weight excluding hydrogens is 166 g/mol. The van der Waals surface area contributed by atoms with E-state index in [0.717, 1.165) is 18.0 Å². The van der Waals surface area contributed by atoms with Crippen LogP contribution in [0.25, 0.3) is 0 Å². The van der Waals surface area contributed by atoms with E-state index < -0.39 is 0 Å². The highest BCUT2D eigenvalue weighted by Gasteiger charge is 2.03. The molecule has 0 atom stereocenters. The highest BCUT2D eigenvalue weighted by molar-refractivity contribution is 7.80. The minimum atomic E-state index is 1.04. The summed E-state index contributed by atoms with van der Waals surface area (Å²) >= 11 is 4.40. The summed E-state index contributed by atoms with van der Waals surface area (Å²) in [5.41, 5.74) is 1.23. The molecule has 12 heavy (non-hydrogen) atoms. The zero-order chi connectivity index (χ0) is 8.97. The summed E-state index contributed by atoms with van der Waals surface area (Å²) in [6, 6.07) is 8.19. The number of hydrogen-bond donors (Lipinski definition) is 1. The summed E-state index contributed by atoms with van der Waals surface area (Å²) in [5, 5.41) is 0. The van der Waals surface area contributed by atoms with E-state index in [1.807, 2.05) is 18.2 Å². The number of anilines is 1. The molecule has 0 aliphatic heterocycles. The molecule has 0 fully saturated rings. The Bertz CT molecular complexity index is 243. The Morgan fingerprint density at radius 1 is 1.17 bits per heavy atom. The van der Waals surface area contributed by atoms with E-state index in [2.05, 4.69) is 37.4 Å². The van der Waals surface area contributed by atoms with E-state index >= 15 is 0 Å². The number of hydrogen-bond acceptors (Lipinski definition) is 2. The molecule has 0 heterocycles. The van der Waals surface area contributed by atoms with Crippen LogP contribution in [0.2, 0.25) is 0 Å². The van der Waals surface area contributed by atoms with Crippen LogP contribution < -0.4 is 4.90 Å². The smallest absolute Gasteiger partial charge is 0.0501 e. The van der Waals surface area contributed by atoms with Gasteiger partial charge in [0.1, 0.15) is 0 Å². The van der Waals surface area contributed by atoms with Gasteiger partial charge in [0, 0.05) is 18.0 Å². The Morgan fingerprint density at radius 3 is 2.25 bits per heavy atom. The largest absolute Gasteiger partial charge is 0.371 e. The average Bonchev–Trinajstić information content (AvgIpc) is 2.10. The molecule has 0 unspecified atom stereocenters. The summed E-state index contributed by atoms with van der Waals surface area (Å²) in [6.45, 7) is 6.38. The normalized spacial score (nSPS) is 9.92. The predicted molar refractivity (Wildman–Crippen MR) is 57.3 cm³/mol. The van der Waals surface area contributed by atoms with Crippen molar-refractivity contribution in [3.63, 3.8) is 0 Å². The molecule has 1 rings (SSSR count). The first-order chi connectivity index (χ1) is 5.79. The van der Waals surface area contributed by atoms with Crippen molar-refractivity contribution in [3.8, 4) is 0 Å². The highest BCUT2D eigenvalue weighted by Crippen LogP contribution is 2.22. The van der Waals surface area contributed by atoms with Gasteiger partial charge in [-0.2, -0.15) is 0 Å². The van der Waals surface area contributed by atoms with Gasteiger partial charge in [-0.3, -0.25) is 0 Å². The van der Waals surface area contributed by atoms with Crippen LogP contribution in [0.1, 0.15) is 13.8 Å². The molecule has 1 aromatic carbocycles. The maximum Gasteiger partial charge on any atom is 0.0501 e. The third kappa shape index (κ3) is 1.95. The third-order valence-electron chi connectivity index (χ3n) is 1.99. The number of rotatable bonds is 3. The number of thiol groups is 1. The molecular formula is C10H15NS. The van der Waals surface area contributed by atoms with Gasteiger partial charge in [-0.15, -0.1) is 12.6 Å². The van der Waals surface area contributed by atoms with Crippen molar-refractivity contribution >= 4 is 18.3 Å². The topological polar surface area (TPSA) is 3.24 Å². The van der Waals surface area contributed by atoms with Crippen molar-refractivity contribution in [2.24, 2.45) is 0 Å². The molecule has 0 aliphatic rings. The first kappa shape index (κ1) is 9.46. The van der Waals surface area contributed by atoms with E-state index in [9.17, 15) is 0 Å². The minimum Gasteiger partial charge on any atom is -0.371 e. The standard InChI is InChI=1S/C10H15NS/c1-3-11(4-2)9-7-5-6-8-10(9)12/h5-8,12H,3-4H2,1-2H3.